The highest BCUT2D eigenvalue weighted by molar-refractivity contribution is 6.21. The van der Waals surface area contributed by atoms with Gasteiger partial charge in [0.1, 0.15) is 5.75 Å². The predicted octanol–water partition coefficient (Wildman–Crippen LogP) is -0.546. The molecular weight excluding hydrogens is 288 g/mol. The van der Waals surface area contributed by atoms with Gasteiger partial charge in [-0.05, 0) is 31.2 Å². The molecule has 2 rings (SSSR count). The van der Waals surface area contributed by atoms with Gasteiger partial charge in [-0.25, -0.2) is 9.69 Å². The molecule has 7 heteroatoms. The maximum absolute atomic E-state index is 12.3. The second-order valence-corrected chi connectivity index (χ2v) is 4.82. The number of benzene rings is 1. The summed E-state index contributed by atoms with van der Waals surface area (Å²) in [5.74, 6) is -0.350. The number of rotatable bonds is 6. The number of methoxy groups -OCH3 is 1. The van der Waals surface area contributed by atoms with Crippen LogP contribution in [0.2, 0.25) is 0 Å². The van der Waals surface area contributed by atoms with E-state index in [0.717, 1.165) is 4.90 Å². The van der Waals surface area contributed by atoms with Crippen molar-refractivity contribution in [1.29, 1.82) is 0 Å². The monoisotopic (exact) mass is 307 g/mol. The molecule has 0 spiro atoms. The van der Waals surface area contributed by atoms with E-state index in [1.165, 1.54) is 12.4 Å². The average Bonchev–Trinajstić information content (AvgIpc) is 2.80. The summed E-state index contributed by atoms with van der Waals surface area (Å²) in [5.41, 5.74) is 0.507. The number of hydrogen-bond acceptors (Lipinski definition) is 5. The highest BCUT2D eigenvalue weighted by atomic mass is 16.5. The Labute approximate surface area is 128 Å². The summed E-state index contributed by atoms with van der Waals surface area (Å²) in [5, 5.41) is 1.53. The van der Waals surface area contributed by atoms with Crippen molar-refractivity contribution in [2.24, 2.45) is 0 Å². The Morgan fingerprint density at radius 1 is 1.32 bits per heavy atom. The van der Waals surface area contributed by atoms with E-state index >= 15 is 0 Å². The van der Waals surface area contributed by atoms with Crippen LogP contribution in [0.15, 0.2) is 24.3 Å². The largest absolute Gasteiger partial charge is 0.494 e. The Bertz CT molecular complexity index is 570. The second kappa shape index (κ2) is 7.04. The number of amides is 2. The van der Waals surface area contributed by atoms with Crippen LogP contribution >= 0.6 is 0 Å². The first-order valence-electron chi connectivity index (χ1n) is 7.06. The number of imide groups is 1. The summed E-state index contributed by atoms with van der Waals surface area (Å²) >= 11 is 0. The Morgan fingerprint density at radius 3 is 2.59 bits per heavy atom. The normalized spacial score (nSPS) is 17.7. The van der Waals surface area contributed by atoms with Gasteiger partial charge >= 0.3 is 5.97 Å². The predicted molar refractivity (Wildman–Crippen MR) is 77.3 cm³/mol. The number of esters is 1. The molecule has 1 aromatic carbocycles. The zero-order chi connectivity index (χ0) is 16.1. The van der Waals surface area contributed by atoms with Crippen molar-refractivity contribution in [3.05, 3.63) is 24.3 Å². The molecule has 0 radical (unpaired) electrons. The standard InChI is InChI=1S/C15H18N2O5/c1-3-22-11-6-4-10(5-7-11)17-13(18)8-12(15(17)20)16-9-14(19)21-2/h4-7,12,16H,3,8-9H2,1-2H3/p+1/t12-/m1/s1. The van der Waals surface area contributed by atoms with Crippen LogP contribution in [0.3, 0.4) is 0 Å². The quantitative estimate of drug-likeness (QED) is 0.563. The molecule has 1 aliphatic heterocycles. The minimum absolute atomic E-state index is 0.0112. The van der Waals surface area contributed by atoms with Crippen LogP contribution in [0.5, 0.6) is 5.75 Å². The fourth-order valence-corrected chi connectivity index (χ4v) is 2.29. The number of ether oxygens (including phenoxy) is 2. The third-order valence-corrected chi connectivity index (χ3v) is 3.38. The molecule has 2 N–H and O–H groups in total. The van der Waals surface area contributed by atoms with E-state index in [2.05, 4.69) is 4.74 Å². The number of quaternary nitrogens is 1. The van der Waals surface area contributed by atoms with Crippen LogP contribution in [-0.2, 0) is 19.1 Å². The molecular formula is C15H19N2O5+. The molecule has 1 fully saturated rings. The van der Waals surface area contributed by atoms with Crippen LogP contribution in [0, 0.1) is 0 Å². The van der Waals surface area contributed by atoms with Crippen molar-refractivity contribution in [2.75, 3.05) is 25.2 Å². The fourth-order valence-electron chi connectivity index (χ4n) is 2.29. The highest BCUT2D eigenvalue weighted by Crippen LogP contribution is 2.24. The number of nitrogens with two attached hydrogens (primary N) is 1. The third kappa shape index (κ3) is 3.43. The van der Waals surface area contributed by atoms with E-state index in [1.54, 1.807) is 24.3 Å². The lowest BCUT2D eigenvalue weighted by molar-refractivity contribution is -0.665. The van der Waals surface area contributed by atoms with Crippen LogP contribution in [-0.4, -0.2) is 44.1 Å². The van der Waals surface area contributed by atoms with Crippen LogP contribution in [0.1, 0.15) is 13.3 Å². The van der Waals surface area contributed by atoms with Crippen molar-refractivity contribution in [3.8, 4) is 5.75 Å². The SMILES string of the molecule is CCOc1ccc(N2C(=O)C[C@@H]([NH2+]CC(=O)OC)C2=O)cc1. The number of carbonyl (C=O) groups excluding carboxylic acids is 3. The minimum Gasteiger partial charge on any atom is -0.494 e. The van der Waals surface area contributed by atoms with Gasteiger partial charge in [-0.3, -0.25) is 9.59 Å². The molecule has 22 heavy (non-hydrogen) atoms. The van der Waals surface area contributed by atoms with Crippen LogP contribution in [0.25, 0.3) is 0 Å². The van der Waals surface area contributed by atoms with E-state index in [9.17, 15) is 14.4 Å². The van der Waals surface area contributed by atoms with Crippen molar-refractivity contribution in [3.63, 3.8) is 0 Å². The average molecular weight is 307 g/mol. The summed E-state index contributed by atoms with van der Waals surface area (Å²) in [4.78, 5) is 36.7. The molecule has 2 amide bonds. The van der Waals surface area contributed by atoms with Crippen LogP contribution < -0.4 is 15.0 Å². The fraction of sp³-hybridized carbons (Fsp3) is 0.400. The topological polar surface area (TPSA) is 89.5 Å². The summed E-state index contributed by atoms with van der Waals surface area (Å²) in [7, 11) is 1.28. The maximum Gasteiger partial charge on any atom is 0.361 e. The molecule has 1 heterocycles. The third-order valence-electron chi connectivity index (χ3n) is 3.38. The van der Waals surface area contributed by atoms with Gasteiger partial charge in [0.05, 0.1) is 25.8 Å². The van der Waals surface area contributed by atoms with Crippen LogP contribution in [0.4, 0.5) is 5.69 Å². The molecule has 0 bridgehead atoms. The van der Waals surface area contributed by atoms with Gasteiger partial charge < -0.3 is 14.8 Å². The summed E-state index contributed by atoms with van der Waals surface area (Å²) in [6, 6.07) is 6.18. The number of anilines is 1. The summed E-state index contributed by atoms with van der Waals surface area (Å²) in [6.07, 6.45) is 0.0725. The first kappa shape index (κ1) is 16.0. The van der Waals surface area contributed by atoms with Gasteiger partial charge in [0.15, 0.2) is 12.6 Å². The molecule has 0 aliphatic carbocycles. The first-order chi connectivity index (χ1) is 10.6. The Hall–Kier alpha value is -2.41. The molecule has 7 nitrogen and oxygen atoms in total. The lowest BCUT2D eigenvalue weighted by Gasteiger charge is -2.14. The molecule has 1 aromatic rings. The minimum atomic E-state index is -0.585. The number of nitrogens with zero attached hydrogens (tertiary/aromatic N) is 1. The summed E-state index contributed by atoms with van der Waals surface area (Å²) in [6.45, 7) is 2.44. The molecule has 1 saturated heterocycles. The maximum atomic E-state index is 12.3. The number of carbonyl (C=O) groups is 3. The molecule has 0 aromatic heterocycles. The van der Waals surface area contributed by atoms with E-state index in [-0.39, 0.29) is 24.8 Å². The number of hydrogen-bond donors (Lipinski definition) is 1. The van der Waals surface area contributed by atoms with Gasteiger partial charge in [0, 0.05) is 0 Å². The summed E-state index contributed by atoms with van der Waals surface area (Å²) < 4.78 is 9.86. The Kier molecular flexibility index (Phi) is 5.11. The highest BCUT2D eigenvalue weighted by Gasteiger charge is 2.42. The molecule has 1 aliphatic rings. The van der Waals surface area contributed by atoms with Gasteiger partial charge in [-0.1, -0.05) is 0 Å². The molecule has 118 valence electrons. The zero-order valence-corrected chi connectivity index (χ0v) is 12.6. The Balaban J connectivity index is 2.06. The van der Waals surface area contributed by atoms with E-state index in [4.69, 9.17) is 4.74 Å². The van der Waals surface area contributed by atoms with Crippen molar-refractivity contribution < 1.29 is 29.2 Å². The van der Waals surface area contributed by atoms with Crippen molar-refractivity contribution >= 4 is 23.5 Å². The second-order valence-electron chi connectivity index (χ2n) is 4.82. The van der Waals surface area contributed by atoms with Gasteiger partial charge in [-0.2, -0.15) is 0 Å². The van der Waals surface area contributed by atoms with Gasteiger partial charge in [0.25, 0.3) is 5.91 Å². The smallest absolute Gasteiger partial charge is 0.361 e. The van der Waals surface area contributed by atoms with Crippen molar-refractivity contribution in [1.82, 2.24) is 0 Å². The van der Waals surface area contributed by atoms with Gasteiger partial charge in [0.2, 0.25) is 5.91 Å². The lowest BCUT2D eigenvalue weighted by atomic mass is 10.2. The molecule has 0 saturated carbocycles. The lowest BCUT2D eigenvalue weighted by Crippen LogP contribution is -2.93. The molecule has 1 atom stereocenters. The Morgan fingerprint density at radius 2 is 2.00 bits per heavy atom. The van der Waals surface area contributed by atoms with E-state index in [0.29, 0.717) is 18.0 Å². The van der Waals surface area contributed by atoms with Gasteiger partial charge in [-0.15, -0.1) is 0 Å². The molecule has 0 unspecified atom stereocenters. The van der Waals surface area contributed by atoms with Crippen molar-refractivity contribution in [2.45, 2.75) is 19.4 Å². The van der Waals surface area contributed by atoms with E-state index < -0.39 is 12.0 Å². The zero-order valence-electron chi connectivity index (χ0n) is 12.6. The first-order valence-corrected chi connectivity index (χ1v) is 7.06. The van der Waals surface area contributed by atoms with E-state index in [1.807, 2.05) is 6.92 Å².